The number of cyclic esters (lactones) is 1. The van der Waals surface area contributed by atoms with Gasteiger partial charge in [-0.1, -0.05) is 71.1 Å². The number of carbonyl (C=O) groups is 5. The molecule has 4 rings (SSSR count). The molecule has 15 atom stereocenters. The number of hydrogen-bond acceptors (Lipinski definition) is 13. The van der Waals surface area contributed by atoms with E-state index in [0.29, 0.717) is 63.4 Å². The van der Waals surface area contributed by atoms with Crippen LogP contribution < -0.4 is 0 Å². The van der Waals surface area contributed by atoms with Crippen molar-refractivity contribution in [3.8, 4) is 0 Å². The number of ether oxygens (including phenoxy) is 5. The summed E-state index contributed by atoms with van der Waals surface area (Å²) in [5.41, 5.74) is 1.27. The molecule has 0 spiro atoms. The van der Waals surface area contributed by atoms with E-state index >= 15 is 0 Å². The zero-order valence-corrected chi connectivity index (χ0v) is 40.6. The fourth-order valence-corrected chi connectivity index (χ4v) is 10.1. The first-order chi connectivity index (χ1) is 30.7. The number of rotatable bonds is 6. The minimum atomic E-state index is -2.43. The number of carbonyl (C=O) groups excluding carboxylic acids is 5. The van der Waals surface area contributed by atoms with Crippen LogP contribution in [-0.2, 0) is 47.7 Å². The van der Waals surface area contributed by atoms with E-state index in [9.17, 15) is 39.3 Å². The second kappa shape index (κ2) is 25.1. The summed E-state index contributed by atoms with van der Waals surface area (Å²) in [5.74, 6) is -7.96. The first-order valence-electron chi connectivity index (χ1n) is 23.9. The zero-order valence-electron chi connectivity index (χ0n) is 40.6. The maximum atomic E-state index is 14.4. The Morgan fingerprint density at radius 1 is 0.846 bits per heavy atom. The van der Waals surface area contributed by atoms with Crippen LogP contribution in [0.3, 0.4) is 0 Å². The number of nitrogens with zero attached hydrogens (tertiary/aromatic N) is 1. The number of aliphatic hydroxyl groups is 3. The van der Waals surface area contributed by atoms with Crippen molar-refractivity contribution in [2.75, 3.05) is 27.9 Å². The Hall–Kier alpha value is -3.37. The maximum absolute atomic E-state index is 14.4. The third-order valence-electron chi connectivity index (χ3n) is 14.5. The van der Waals surface area contributed by atoms with Crippen LogP contribution >= 0.6 is 0 Å². The number of Topliss-reactive ketones (excluding diaryl/α,β-unsaturated/α-hetero) is 3. The molecular weight excluding hydrogens is 835 g/mol. The average Bonchev–Trinajstić information content (AvgIpc) is 3.28. The number of ketones is 3. The number of esters is 1. The number of amides is 1. The predicted molar refractivity (Wildman–Crippen MR) is 245 cm³/mol. The SMILES string of the molecule is COC1CC2CC[C@@H](C)C(O)(O2)C(=O)C(=O)N2CCCC[C@H]2C(=O)OC(C(C)CC2CCC(O)C(OC)C2)CC(=O)C(C)/C=C(\C)C(O)C(OC)C(=O)[C@H](C)CC(C)/C=C/C=CC=C1C. The van der Waals surface area contributed by atoms with Gasteiger partial charge >= 0.3 is 5.97 Å². The standard InChI is InChI=1S/C51H79NO13/c1-30-16-12-11-13-17-31(2)42(61-8)28-38-21-19-36(7)51(60,65-38)48(57)49(58)52-23-15-14-18-39(52)50(59)64-43(33(4)26-37-20-22-40(53)44(27-37)62-9)29-41(54)32(3)25-35(6)46(56)47(63-10)45(55)34(5)24-30/h11-13,16-17,25,30,32-34,36-40,42-44,46-47,53,56,60H,14-15,18-24,26-29H2,1-10H3/b13-11?,16-12+,31-17?,35-25+/t30?,32?,33?,34-,36-,37?,38?,39+,40?,42?,43?,44?,46?,47?,51?/m1/s1. The van der Waals surface area contributed by atoms with Crippen molar-refractivity contribution in [3.05, 3.63) is 47.6 Å². The van der Waals surface area contributed by atoms with Gasteiger partial charge in [-0.3, -0.25) is 19.2 Å². The number of allylic oxidation sites excluding steroid dienone is 6. The highest BCUT2D eigenvalue weighted by atomic mass is 16.6. The van der Waals surface area contributed by atoms with Gasteiger partial charge in [0.1, 0.15) is 30.1 Å². The molecule has 14 heteroatoms. The van der Waals surface area contributed by atoms with Crippen LogP contribution in [-0.4, -0.2) is 132 Å². The number of aliphatic hydroxyl groups excluding tert-OH is 2. The van der Waals surface area contributed by atoms with E-state index in [-0.39, 0.29) is 54.8 Å². The first kappa shape index (κ1) is 54.2. The first-order valence-corrected chi connectivity index (χ1v) is 23.9. The summed E-state index contributed by atoms with van der Waals surface area (Å²) < 4.78 is 29.4. The Bertz CT molecular complexity index is 1760. The van der Waals surface area contributed by atoms with Crippen molar-refractivity contribution in [1.29, 1.82) is 0 Å². The molecule has 1 amide bonds. The highest BCUT2D eigenvalue weighted by Gasteiger charge is 2.53. The van der Waals surface area contributed by atoms with Crippen molar-refractivity contribution in [2.45, 2.75) is 180 Å². The number of hydrogen-bond donors (Lipinski definition) is 3. The quantitative estimate of drug-likeness (QED) is 0.156. The van der Waals surface area contributed by atoms with Gasteiger partial charge in [0.25, 0.3) is 11.7 Å². The Labute approximate surface area is 387 Å². The van der Waals surface area contributed by atoms with E-state index in [1.165, 1.54) is 12.0 Å². The Kier molecular flexibility index (Phi) is 21.0. The molecule has 1 saturated carbocycles. The van der Waals surface area contributed by atoms with Gasteiger partial charge in [-0.05, 0) is 107 Å². The van der Waals surface area contributed by atoms with E-state index in [4.69, 9.17) is 23.7 Å². The maximum Gasteiger partial charge on any atom is 0.329 e. The lowest BCUT2D eigenvalue weighted by molar-refractivity contribution is -0.265. The topological polar surface area (TPSA) is 195 Å². The molecule has 12 unspecified atom stereocenters. The van der Waals surface area contributed by atoms with Gasteiger partial charge in [0.2, 0.25) is 5.79 Å². The third-order valence-corrected chi connectivity index (χ3v) is 14.5. The molecule has 0 aromatic carbocycles. The van der Waals surface area contributed by atoms with Crippen LogP contribution in [0.4, 0.5) is 0 Å². The van der Waals surface area contributed by atoms with E-state index in [1.54, 1.807) is 41.1 Å². The van der Waals surface area contributed by atoms with Gasteiger partial charge in [0.05, 0.1) is 24.4 Å². The summed E-state index contributed by atoms with van der Waals surface area (Å²) in [6, 6.07) is -1.14. The van der Waals surface area contributed by atoms with Crippen LogP contribution in [0.15, 0.2) is 47.6 Å². The summed E-state index contributed by atoms with van der Waals surface area (Å²) in [7, 11) is 4.52. The minimum Gasteiger partial charge on any atom is -0.460 e. The van der Waals surface area contributed by atoms with Crippen LogP contribution in [0, 0.1) is 35.5 Å². The van der Waals surface area contributed by atoms with Gasteiger partial charge in [-0.25, -0.2) is 4.79 Å². The smallest absolute Gasteiger partial charge is 0.329 e. The predicted octanol–water partition coefficient (Wildman–Crippen LogP) is 6.18. The van der Waals surface area contributed by atoms with Crippen molar-refractivity contribution in [1.82, 2.24) is 4.90 Å². The van der Waals surface area contributed by atoms with Crippen LogP contribution in [0.2, 0.25) is 0 Å². The Balaban J connectivity index is 1.70. The summed E-state index contributed by atoms with van der Waals surface area (Å²) >= 11 is 0. The number of methoxy groups -OCH3 is 3. The normalized spacial score (nSPS) is 39.1. The Morgan fingerprint density at radius 3 is 2.25 bits per heavy atom. The van der Waals surface area contributed by atoms with E-state index in [0.717, 1.165) is 12.0 Å². The van der Waals surface area contributed by atoms with Crippen molar-refractivity contribution < 1.29 is 63.0 Å². The van der Waals surface area contributed by atoms with E-state index in [1.807, 2.05) is 58.1 Å². The highest BCUT2D eigenvalue weighted by molar-refractivity contribution is 6.39. The van der Waals surface area contributed by atoms with Crippen LogP contribution in [0.25, 0.3) is 0 Å². The lowest BCUT2D eigenvalue weighted by Crippen LogP contribution is -2.61. The summed E-state index contributed by atoms with van der Waals surface area (Å²) in [5, 5.41) is 33.8. The molecule has 3 aliphatic heterocycles. The number of piperidine rings is 1. The lowest BCUT2D eigenvalue weighted by atomic mass is 9.78. The second-order valence-electron chi connectivity index (χ2n) is 19.6. The molecule has 4 aliphatic rings. The molecule has 3 N–H and O–H groups in total. The fraction of sp³-hybridized carbons (Fsp3) is 0.745. The van der Waals surface area contributed by atoms with Gasteiger partial charge < -0.3 is 43.9 Å². The van der Waals surface area contributed by atoms with Gasteiger partial charge in [0, 0.05) is 58.5 Å². The molecule has 366 valence electrons. The van der Waals surface area contributed by atoms with Gasteiger partial charge in [-0.2, -0.15) is 0 Å². The van der Waals surface area contributed by atoms with Crippen LogP contribution in [0.5, 0.6) is 0 Å². The second-order valence-corrected chi connectivity index (χ2v) is 19.6. The molecule has 1 aliphatic carbocycles. The molecule has 3 heterocycles. The monoisotopic (exact) mass is 914 g/mol. The third kappa shape index (κ3) is 14.3. The van der Waals surface area contributed by atoms with Crippen molar-refractivity contribution in [3.63, 3.8) is 0 Å². The Morgan fingerprint density at radius 2 is 1.57 bits per heavy atom. The van der Waals surface area contributed by atoms with Crippen molar-refractivity contribution in [2.24, 2.45) is 35.5 Å². The van der Waals surface area contributed by atoms with E-state index in [2.05, 4.69) is 0 Å². The molecule has 14 nitrogen and oxygen atoms in total. The summed E-state index contributed by atoms with van der Waals surface area (Å²) in [6.45, 7) is 12.7. The van der Waals surface area contributed by atoms with Crippen molar-refractivity contribution >= 4 is 29.2 Å². The molecule has 0 aromatic heterocycles. The molecule has 0 radical (unpaired) electrons. The highest BCUT2D eigenvalue weighted by Crippen LogP contribution is 2.38. The molecular formula is C51H79NO13. The fourth-order valence-electron chi connectivity index (χ4n) is 10.1. The average molecular weight is 914 g/mol. The molecule has 2 bridgehead atoms. The largest absolute Gasteiger partial charge is 0.460 e. The summed E-state index contributed by atoms with van der Waals surface area (Å²) in [6.07, 6.45) is 11.2. The zero-order chi connectivity index (χ0) is 48.2. The van der Waals surface area contributed by atoms with Gasteiger partial charge in [0.15, 0.2) is 5.78 Å². The lowest BCUT2D eigenvalue weighted by Gasteiger charge is -2.42. The van der Waals surface area contributed by atoms with Gasteiger partial charge in [-0.15, -0.1) is 0 Å². The molecule has 0 aromatic rings. The number of fused-ring (bicyclic) bond motifs is 3. The molecule has 3 fully saturated rings. The van der Waals surface area contributed by atoms with Crippen LogP contribution in [0.1, 0.15) is 126 Å². The summed E-state index contributed by atoms with van der Waals surface area (Å²) in [4.78, 5) is 71.8. The van der Waals surface area contributed by atoms with E-state index < -0.39 is 83.9 Å². The molecule has 2 saturated heterocycles. The molecule has 65 heavy (non-hydrogen) atoms. The minimum absolute atomic E-state index is 0.0193.